The van der Waals surface area contributed by atoms with Gasteiger partial charge in [0, 0.05) is 23.5 Å². The van der Waals surface area contributed by atoms with E-state index < -0.39 is 0 Å². The quantitative estimate of drug-likeness (QED) is 0.717. The van der Waals surface area contributed by atoms with E-state index in [0.717, 1.165) is 31.6 Å². The maximum absolute atomic E-state index is 12.1. The number of amides is 1. The van der Waals surface area contributed by atoms with Gasteiger partial charge in [-0.25, -0.2) is 0 Å². The summed E-state index contributed by atoms with van der Waals surface area (Å²) in [7, 11) is 0. The third-order valence-corrected chi connectivity index (χ3v) is 3.42. The molecule has 2 rings (SSSR count). The van der Waals surface area contributed by atoms with Gasteiger partial charge in [0.05, 0.1) is 0 Å². The molecular weight excluding hydrogens is 230 g/mol. The number of rotatable bonds is 2. The summed E-state index contributed by atoms with van der Waals surface area (Å²) in [5, 5.41) is 6.23. The number of carbonyl (C=O) groups excluding carboxylic acids is 1. The van der Waals surface area contributed by atoms with Crippen molar-refractivity contribution in [3.05, 3.63) is 33.7 Å². The topological polar surface area (TPSA) is 74.0 Å². The predicted molar refractivity (Wildman–Crippen MR) is 69.8 cm³/mol. The number of piperidine rings is 1. The van der Waals surface area contributed by atoms with Gasteiger partial charge in [-0.3, -0.25) is 9.59 Å². The summed E-state index contributed by atoms with van der Waals surface area (Å²) in [6.45, 7) is 5.59. The van der Waals surface area contributed by atoms with Gasteiger partial charge in [-0.1, -0.05) is 0 Å². The predicted octanol–water partition coefficient (Wildman–Crippen LogP) is 0.555. The smallest absolute Gasteiger partial charge is 0.257 e. The molecule has 1 saturated heterocycles. The van der Waals surface area contributed by atoms with Crippen molar-refractivity contribution in [3.8, 4) is 0 Å². The molecule has 0 spiro atoms. The average molecular weight is 249 g/mol. The molecule has 3 N–H and O–H groups in total. The lowest BCUT2D eigenvalue weighted by Crippen LogP contribution is -2.52. The van der Waals surface area contributed by atoms with Crippen LogP contribution in [-0.2, 0) is 0 Å². The molecule has 1 aliphatic rings. The lowest BCUT2D eigenvalue weighted by Gasteiger charge is -2.34. The lowest BCUT2D eigenvalue weighted by atomic mass is 9.90. The number of aromatic amines is 1. The molecule has 5 heteroatoms. The van der Waals surface area contributed by atoms with Crippen molar-refractivity contribution in [2.24, 2.45) is 0 Å². The summed E-state index contributed by atoms with van der Waals surface area (Å²) < 4.78 is 0. The second-order valence-corrected chi connectivity index (χ2v) is 5.16. The molecule has 0 unspecified atom stereocenters. The van der Waals surface area contributed by atoms with Crippen molar-refractivity contribution >= 4 is 5.91 Å². The van der Waals surface area contributed by atoms with Gasteiger partial charge < -0.3 is 15.6 Å². The zero-order chi connectivity index (χ0) is 13.2. The molecule has 0 radical (unpaired) electrons. The largest absolute Gasteiger partial charge is 0.364 e. The normalized spacial score (nSPS) is 18.3. The summed E-state index contributed by atoms with van der Waals surface area (Å²) in [5.74, 6) is -0.291. The molecule has 1 aromatic rings. The van der Waals surface area contributed by atoms with Crippen molar-refractivity contribution in [1.29, 1.82) is 0 Å². The SMILES string of the molecule is Cc1cc(=O)c(C(=O)NC2(C)CCNCC2)c[nH]1. The van der Waals surface area contributed by atoms with Gasteiger partial charge in [-0.15, -0.1) is 0 Å². The van der Waals surface area contributed by atoms with Gasteiger partial charge in [-0.05, 0) is 39.8 Å². The summed E-state index contributed by atoms with van der Waals surface area (Å²) in [6.07, 6.45) is 3.24. The molecule has 0 aliphatic carbocycles. The molecule has 18 heavy (non-hydrogen) atoms. The fourth-order valence-electron chi connectivity index (χ4n) is 2.20. The number of carbonyl (C=O) groups is 1. The van der Waals surface area contributed by atoms with E-state index in [9.17, 15) is 9.59 Å². The minimum absolute atomic E-state index is 0.181. The first-order chi connectivity index (χ1) is 8.50. The highest BCUT2D eigenvalue weighted by Crippen LogP contribution is 2.17. The van der Waals surface area contributed by atoms with Crippen LogP contribution >= 0.6 is 0 Å². The molecule has 0 atom stereocenters. The van der Waals surface area contributed by atoms with Crippen molar-refractivity contribution in [2.45, 2.75) is 32.2 Å². The van der Waals surface area contributed by atoms with Crippen LogP contribution < -0.4 is 16.1 Å². The highest BCUT2D eigenvalue weighted by molar-refractivity contribution is 5.94. The fourth-order valence-corrected chi connectivity index (χ4v) is 2.20. The van der Waals surface area contributed by atoms with E-state index in [4.69, 9.17) is 0 Å². The van der Waals surface area contributed by atoms with Gasteiger partial charge in [0.1, 0.15) is 5.56 Å². The monoisotopic (exact) mass is 249 g/mol. The lowest BCUT2D eigenvalue weighted by molar-refractivity contribution is 0.0886. The van der Waals surface area contributed by atoms with Crippen LogP contribution in [0.25, 0.3) is 0 Å². The zero-order valence-corrected chi connectivity index (χ0v) is 10.8. The minimum atomic E-state index is -0.291. The van der Waals surface area contributed by atoms with Gasteiger partial charge in [-0.2, -0.15) is 0 Å². The zero-order valence-electron chi connectivity index (χ0n) is 10.8. The van der Waals surface area contributed by atoms with Crippen molar-refractivity contribution in [3.63, 3.8) is 0 Å². The van der Waals surface area contributed by atoms with E-state index in [0.29, 0.717) is 0 Å². The van der Waals surface area contributed by atoms with Crippen LogP contribution in [0.4, 0.5) is 0 Å². The van der Waals surface area contributed by atoms with Crippen LogP contribution in [0, 0.1) is 6.92 Å². The Balaban J connectivity index is 2.14. The first-order valence-electron chi connectivity index (χ1n) is 6.23. The molecule has 0 saturated carbocycles. The van der Waals surface area contributed by atoms with Crippen LogP contribution in [0.2, 0.25) is 0 Å². The molecule has 0 aromatic carbocycles. The first-order valence-corrected chi connectivity index (χ1v) is 6.23. The number of H-pyrrole nitrogens is 1. The van der Waals surface area contributed by atoms with Crippen LogP contribution in [0.1, 0.15) is 35.8 Å². The second kappa shape index (κ2) is 4.94. The molecule has 98 valence electrons. The van der Waals surface area contributed by atoms with Gasteiger partial charge >= 0.3 is 0 Å². The van der Waals surface area contributed by atoms with Gasteiger partial charge in [0.15, 0.2) is 5.43 Å². The van der Waals surface area contributed by atoms with Crippen molar-refractivity contribution in [1.82, 2.24) is 15.6 Å². The Bertz CT molecular complexity index is 501. The molecule has 0 bridgehead atoms. The summed E-state index contributed by atoms with van der Waals surface area (Å²) in [6, 6.07) is 1.44. The van der Waals surface area contributed by atoms with E-state index in [1.807, 2.05) is 6.92 Å². The Hall–Kier alpha value is -1.62. The Morgan fingerprint density at radius 3 is 2.67 bits per heavy atom. The highest BCUT2D eigenvalue weighted by Gasteiger charge is 2.29. The number of nitrogens with one attached hydrogen (secondary N) is 3. The van der Waals surface area contributed by atoms with Gasteiger partial charge in [0.2, 0.25) is 0 Å². The summed E-state index contributed by atoms with van der Waals surface area (Å²) >= 11 is 0. The average Bonchev–Trinajstić information content (AvgIpc) is 2.28. The second-order valence-electron chi connectivity index (χ2n) is 5.16. The Kier molecular flexibility index (Phi) is 3.52. The molecule has 1 aromatic heterocycles. The number of pyridine rings is 1. The van der Waals surface area contributed by atoms with Crippen molar-refractivity contribution in [2.75, 3.05) is 13.1 Å². The molecule has 1 aliphatic heterocycles. The highest BCUT2D eigenvalue weighted by atomic mass is 16.2. The van der Waals surface area contributed by atoms with Crippen molar-refractivity contribution < 1.29 is 4.79 Å². The number of hydrogen-bond donors (Lipinski definition) is 3. The Morgan fingerprint density at radius 1 is 1.39 bits per heavy atom. The molecule has 1 amide bonds. The summed E-state index contributed by atoms with van der Waals surface area (Å²) in [5.41, 5.74) is 0.478. The number of hydrogen-bond acceptors (Lipinski definition) is 3. The van der Waals surface area contributed by atoms with E-state index in [1.165, 1.54) is 12.3 Å². The molecule has 5 nitrogen and oxygen atoms in total. The van der Waals surface area contributed by atoms with Crippen LogP contribution in [0.3, 0.4) is 0 Å². The third kappa shape index (κ3) is 2.79. The maximum atomic E-state index is 12.1. The van der Waals surface area contributed by atoms with Gasteiger partial charge in [0.25, 0.3) is 5.91 Å². The van der Waals surface area contributed by atoms with Crippen LogP contribution in [0.15, 0.2) is 17.1 Å². The summed E-state index contributed by atoms with van der Waals surface area (Å²) in [4.78, 5) is 26.7. The van der Waals surface area contributed by atoms with E-state index in [-0.39, 0.29) is 22.4 Å². The Morgan fingerprint density at radius 2 is 2.06 bits per heavy atom. The van der Waals surface area contributed by atoms with E-state index in [2.05, 4.69) is 15.6 Å². The molecular formula is C13H19N3O2. The van der Waals surface area contributed by atoms with Crippen LogP contribution in [-0.4, -0.2) is 29.5 Å². The number of aromatic nitrogens is 1. The van der Waals surface area contributed by atoms with Crippen LogP contribution in [0.5, 0.6) is 0 Å². The molecule has 1 fully saturated rings. The molecule has 2 heterocycles. The maximum Gasteiger partial charge on any atom is 0.257 e. The fraction of sp³-hybridized carbons (Fsp3) is 0.538. The Labute approximate surface area is 106 Å². The van der Waals surface area contributed by atoms with E-state index in [1.54, 1.807) is 6.92 Å². The van der Waals surface area contributed by atoms with E-state index >= 15 is 0 Å². The minimum Gasteiger partial charge on any atom is -0.364 e. The third-order valence-electron chi connectivity index (χ3n) is 3.42. The number of aryl methyl sites for hydroxylation is 1. The standard InChI is InChI=1S/C13H19N3O2/c1-9-7-11(17)10(8-15-9)12(18)16-13(2)3-5-14-6-4-13/h7-8,14H,3-6H2,1-2H3,(H,15,17)(H,16,18). The first kappa shape index (κ1) is 12.8.